The second-order valence-corrected chi connectivity index (χ2v) is 14.3. The van der Waals surface area contributed by atoms with E-state index < -0.39 is 53.4 Å². The summed E-state index contributed by atoms with van der Waals surface area (Å²) in [5.74, 6) is -3.40. The smallest absolute Gasteiger partial charge is 0.333 e. The van der Waals surface area contributed by atoms with Crippen LogP contribution in [-0.2, 0) is 30.4 Å². The van der Waals surface area contributed by atoms with E-state index in [-0.39, 0.29) is 37.3 Å². The molecule has 0 aromatic heterocycles. The normalized spacial score (nSPS) is 18.8. The lowest BCUT2D eigenvalue weighted by atomic mass is 10.0. The zero-order valence-corrected chi connectivity index (χ0v) is 31.9. The van der Waals surface area contributed by atoms with Gasteiger partial charge in [0.15, 0.2) is 11.8 Å². The summed E-state index contributed by atoms with van der Waals surface area (Å²) in [6, 6.07) is 4.32. The van der Waals surface area contributed by atoms with Crippen molar-refractivity contribution in [2.24, 2.45) is 4.99 Å². The Balaban J connectivity index is 1.95. The number of carboxylic acid groups (broad SMARTS) is 1. The number of rotatable bonds is 20. The third-order valence-corrected chi connectivity index (χ3v) is 8.41. The van der Waals surface area contributed by atoms with E-state index in [4.69, 9.17) is 31.8 Å². The molecule has 0 saturated carbocycles. The Morgan fingerprint density at radius 2 is 1.77 bits per heavy atom. The highest BCUT2D eigenvalue weighted by Crippen LogP contribution is 2.27. The van der Waals surface area contributed by atoms with Gasteiger partial charge in [-0.15, -0.1) is 0 Å². The van der Waals surface area contributed by atoms with E-state index in [9.17, 15) is 29.4 Å². The number of aliphatic imine (C=N–C) groups is 1. The molecule has 2 amide bonds. The highest BCUT2D eigenvalue weighted by molar-refractivity contribution is 6.55. The Labute approximate surface area is 309 Å². The number of ether oxygens (including phenoxy) is 4. The molecule has 1 aliphatic rings. The number of benzene rings is 1. The van der Waals surface area contributed by atoms with Crippen LogP contribution in [0.2, 0.25) is 0 Å². The fourth-order valence-corrected chi connectivity index (χ4v) is 5.35. The molecule has 3 atom stereocenters. The van der Waals surface area contributed by atoms with Gasteiger partial charge in [-0.1, -0.05) is 29.4 Å². The van der Waals surface area contributed by atoms with Crippen LogP contribution in [0.15, 0.2) is 46.5 Å². The minimum absolute atomic E-state index is 0.00343. The number of aliphatic hydroxyl groups is 1. The maximum Gasteiger partial charge on any atom is 0.333 e. The van der Waals surface area contributed by atoms with Crippen molar-refractivity contribution in [3.8, 4) is 5.75 Å². The molecule has 286 valence electrons. The number of amides is 2. The highest BCUT2D eigenvalue weighted by Gasteiger charge is 2.34. The Morgan fingerprint density at radius 1 is 1.06 bits per heavy atom. The largest absolute Gasteiger partial charge is 0.479 e. The molecule has 1 aliphatic heterocycles. The van der Waals surface area contributed by atoms with Crippen LogP contribution in [0.25, 0.3) is 0 Å². The molecule has 1 fully saturated rings. The number of hydrogen-bond donors (Lipinski definition) is 4. The third-order valence-electron chi connectivity index (χ3n) is 8.41. The third kappa shape index (κ3) is 17.0. The Bertz CT molecular complexity index is 1490. The number of nitrogens with one attached hydrogen (secondary N) is 2. The van der Waals surface area contributed by atoms with Gasteiger partial charge >= 0.3 is 5.97 Å². The SMILES string of the molecule is [B]C(=O)OCc1ccc(OC2CC(O)CC(C(=O)O)O2)c(C(=O)NCC(=O)NC(C)(C)CCOC(C)(C)N=C(C)CC/C(C)=C/CC/C(C)=C/C)c1. The molecule has 14 heteroatoms. The summed E-state index contributed by atoms with van der Waals surface area (Å²) in [5, 5.41) is 25.0. The monoisotopic (exact) mass is 725 g/mol. The van der Waals surface area contributed by atoms with E-state index >= 15 is 0 Å². The summed E-state index contributed by atoms with van der Waals surface area (Å²) < 4.78 is 22.2. The second-order valence-electron chi connectivity index (χ2n) is 14.3. The number of carbonyl (C=O) groups excluding carboxylic acids is 3. The second kappa shape index (κ2) is 20.9. The summed E-state index contributed by atoms with van der Waals surface area (Å²) in [6.07, 6.45) is 5.19. The lowest BCUT2D eigenvalue weighted by Crippen LogP contribution is -2.48. The summed E-state index contributed by atoms with van der Waals surface area (Å²) in [4.78, 5) is 53.6. The van der Waals surface area contributed by atoms with Crippen LogP contribution < -0.4 is 15.4 Å². The molecular weight excluding hydrogens is 669 g/mol. The van der Waals surface area contributed by atoms with Gasteiger partial charge in [0.25, 0.3) is 5.91 Å². The van der Waals surface area contributed by atoms with Gasteiger partial charge < -0.3 is 39.8 Å². The topological polar surface area (TPSA) is 182 Å². The summed E-state index contributed by atoms with van der Waals surface area (Å²) >= 11 is 0. The first-order chi connectivity index (χ1) is 24.3. The summed E-state index contributed by atoms with van der Waals surface area (Å²) in [7, 11) is 5.07. The molecule has 1 aromatic carbocycles. The van der Waals surface area contributed by atoms with Gasteiger partial charge in [-0.3, -0.25) is 19.4 Å². The molecule has 3 unspecified atom stereocenters. The Kier molecular flexibility index (Phi) is 17.7. The van der Waals surface area contributed by atoms with Crippen molar-refractivity contribution in [2.45, 2.75) is 137 Å². The van der Waals surface area contributed by atoms with Crippen LogP contribution in [0.4, 0.5) is 4.79 Å². The quantitative estimate of drug-likeness (QED) is 0.0759. The van der Waals surface area contributed by atoms with E-state index in [1.165, 1.54) is 29.3 Å². The zero-order valence-electron chi connectivity index (χ0n) is 31.9. The van der Waals surface area contributed by atoms with Gasteiger partial charge in [-0.25, -0.2) is 4.79 Å². The van der Waals surface area contributed by atoms with Crippen molar-refractivity contribution in [3.63, 3.8) is 0 Å². The van der Waals surface area contributed by atoms with E-state index in [2.05, 4.69) is 43.6 Å². The van der Waals surface area contributed by atoms with Gasteiger partial charge in [-0.2, -0.15) is 0 Å². The Morgan fingerprint density at radius 3 is 2.42 bits per heavy atom. The number of allylic oxidation sites excluding steroid dienone is 4. The van der Waals surface area contributed by atoms with E-state index in [1.807, 2.05) is 34.6 Å². The predicted octanol–water partition coefficient (Wildman–Crippen LogP) is 5.52. The minimum atomic E-state index is -1.29. The Hall–Kier alpha value is -4.01. The van der Waals surface area contributed by atoms with Crippen LogP contribution in [0.1, 0.15) is 116 Å². The lowest BCUT2D eigenvalue weighted by Gasteiger charge is -2.31. The summed E-state index contributed by atoms with van der Waals surface area (Å²) in [5.41, 5.74) is 2.67. The van der Waals surface area contributed by atoms with E-state index in [1.54, 1.807) is 0 Å². The minimum Gasteiger partial charge on any atom is -0.479 e. The van der Waals surface area contributed by atoms with Gasteiger partial charge in [-0.05, 0) is 105 Å². The zero-order chi connectivity index (χ0) is 39.1. The first kappa shape index (κ1) is 44.2. The van der Waals surface area contributed by atoms with Crippen LogP contribution in [0.5, 0.6) is 5.75 Å². The molecule has 2 radical (unpaired) electrons. The first-order valence-corrected chi connectivity index (χ1v) is 17.6. The van der Waals surface area contributed by atoms with Crippen molar-refractivity contribution in [3.05, 3.63) is 52.6 Å². The van der Waals surface area contributed by atoms with Crippen molar-refractivity contribution in [2.75, 3.05) is 13.2 Å². The van der Waals surface area contributed by atoms with Crippen molar-refractivity contribution < 1.29 is 48.3 Å². The number of aliphatic carboxylic acids is 1. The lowest BCUT2D eigenvalue weighted by molar-refractivity contribution is -0.195. The molecule has 52 heavy (non-hydrogen) atoms. The van der Waals surface area contributed by atoms with Gasteiger partial charge in [0.1, 0.15) is 12.4 Å². The number of carbonyl (C=O) groups is 4. The van der Waals surface area contributed by atoms with Crippen molar-refractivity contribution in [1.82, 2.24) is 10.6 Å². The molecular formula is C38H56BN3O10. The molecule has 0 spiro atoms. The molecule has 0 bridgehead atoms. The van der Waals surface area contributed by atoms with Crippen LogP contribution >= 0.6 is 0 Å². The predicted molar refractivity (Wildman–Crippen MR) is 199 cm³/mol. The maximum atomic E-state index is 13.3. The molecule has 0 aliphatic carbocycles. The first-order valence-electron chi connectivity index (χ1n) is 17.6. The fraction of sp³-hybridized carbons (Fsp3) is 0.605. The van der Waals surface area contributed by atoms with E-state index in [0.717, 1.165) is 31.4 Å². The standard InChI is InChI=1S/C38H56BN3O10/c1-9-24(2)11-10-12-25(3)13-14-26(4)41-38(7,8)50-18-17-37(5,6)42-32(44)22-40-34(45)29-19-27(23-49-36(39)48)15-16-30(29)51-33-21-28(43)20-31(52-33)35(46)47/h9,12,15-16,19,28,31,33,43H,10-11,13-14,17-18,20-23H2,1-8H3,(H,40,45)(H,42,44)(H,46,47)/b24-9+,25-12+,41-26?. The molecule has 1 saturated heterocycles. The molecule has 13 nitrogen and oxygen atoms in total. The van der Waals surface area contributed by atoms with Crippen LogP contribution in [-0.4, -0.2) is 90.3 Å². The molecule has 1 heterocycles. The number of aliphatic hydroxyl groups excluding tert-OH is 1. The van der Waals surface area contributed by atoms with Crippen LogP contribution in [0.3, 0.4) is 0 Å². The van der Waals surface area contributed by atoms with E-state index in [0.29, 0.717) is 18.6 Å². The number of carboxylic acids is 1. The van der Waals surface area contributed by atoms with Crippen molar-refractivity contribution in [1.29, 1.82) is 0 Å². The average molecular weight is 726 g/mol. The van der Waals surface area contributed by atoms with Gasteiger partial charge in [0.05, 0.1) is 24.8 Å². The maximum absolute atomic E-state index is 13.3. The van der Waals surface area contributed by atoms with Crippen molar-refractivity contribution >= 4 is 37.2 Å². The number of hydrogen-bond acceptors (Lipinski definition) is 10. The van der Waals surface area contributed by atoms with Crippen LogP contribution in [0, 0.1) is 0 Å². The molecule has 4 N–H and O–H groups in total. The molecule has 1 aromatic rings. The van der Waals surface area contributed by atoms with Gasteiger partial charge in [0.2, 0.25) is 25.9 Å². The molecule has 2 rings (SSSR count). The average Bonchev–Trinajstić information content (AvgIpc) is 3.04. The fourth-order valence-electron chi connectivity index (χ4n) is 5.35. The highest BCUT2D eigenvalue weighted by atomic mass is 16.7. The number of nitrogens with zero attached hydrogens (tertiary/aromatic N) is 1. The summed E-state index contributed by atoms with van der Waals surface area (Å²) in [6.45, 7) is 15.6. The van der Waals surface area contributed by atoms with Gasteiger partial charge in [0, 0.05) is 24.1 Å².